The van der Waals surface area contributed by atoms with Gasteiger partial charge in [0, 0.05) is 18.8 Å². The number of hydrogen-bond acceptors (Lipinski definition) is 1. The summed E-state index contributed by atoms with van der Waals surface area (Å²) in [7, 11) is -1.25. The van der Waals surface area contributed by atoms with Crippen molar-refractivity contribution in [1.29, 1.82) is 0 Å². The summed E-state index contributed by atoms with van der Waals surface area (Å²) in [5.74, 6) is 4.75. The fourth-order valence-corrected chi connectivity index (χ4v) is 3.41. The molecule has 1 aliphatic rings. The molecule has 2 heteroatoms. The van der Waals surface area contributed by atoms with Crippen molar-refractivity contribution in [2.75, 3.05) is 0 Å². The van der Waals surface area contributed by atoms with Gasteiger partial charge in [0.25, 0.3) is 0 Å². The van der Waals surface area contributed by atoms with E-state index in [1.165, 1.54) is 0 Å². The predicted octanol–water partition coefficient (Wildman–Crippen LogP) is 4.68. The van der Waals surface area contributed by atoms with Crippen molar-refractivity contribution in [3.63, 3.8) is 0 Å². The van der Waals surface area contributed by atoms with Crippen LogP contribution in [-0.2, 0) is 4.79 Å². The molecule has 0 unspecified atom stereocenters. The molecule has 1 saturated carbocycles. The van der Waals surface area contributed by atoms with Crippen LogP contribution in [0.2, 0.25) is 19.6 Å². The minimum Gasteiger partial charge on any atom is -0.299 e. The Balaban J connectivity index is 2.51. The smallest absolute Gasteiger partial charge is 0.136 e. The molecule has 19 heavy (non-hydrogen) atoms. The van der Waals surface area contributed by atoms with Crippen molar-refractivity contribution in [2.45, 2.75) is 72.5 Å². The molecule has 0 spiro atoms. The van der Waals surface area contributed by atoms with E-state index in [2.05, 4.69) is 51.9 Å². The summed E-state index contributed by atoms with van der Waals surface area (Å²) < 4.78 is 0. The Morgan fingerprint density at radius 1 is 1.26 bits per heavy atom. The maximum absolute atomic E-state index is 12.0. The number of rotatable bonds is 2. The van der Waals surface area contributed by atoms with Crippen molar-refractivity contribution in [1.82, 2.24) is 0 Å². The lowest BCUT2D eigenvalue weighted by Gasteiger charge is -2.36. The first-order chi connectivity index (χ1) is 8.59. The first kappa shape index (κ1) is 16.5. The lowest BCUT2D eigenvalue weighted by Crippen LogP contribution is -2.32. The molecule has 1 rings (SSSR count). The van der Waals surface area contributed by atoms with E-state index in [1.807, 2.05) is 0 Å². The molecule has 1 nitrogen and oxygen atoms in total. The van der Waals surface area contributed by atoms with Gasteiger partial charge < -0.3 is 0 Å². The van der Waals surface area contributed by atoms with Gasteiger partial charge in [-0.25, -0.2) is 0 Å². The second-order valence-corrected chi connectivity index (χ2v) is 12.8. The van der Waals surface area contributed by atoms with E-state index in [4.69, 9.17) is 0 Å². The molecular formula is C17H30OSi. The minimum absolute atomic E-state index is 0.272. The molecule has 0 bridgehead atoms. The van der Waals surface area contributed by atoms with E-state index in [9.17, 15) is 4.79 Å². The van der Waals surface area contributed by atoms with Gasteiger partial charge in [-0.15, -0.1) is 11.5 Å². The van der Waals surface area contributed by atoms with Gasteiger partial charge in [-0.3, -0.25) is 4.79 Å². The third-order valence-corrected chi connectivity index (χ3v) is 5.00. The first-order valence-corrected chi connectivity index (χ1v) is 11.1. The number of carbonyl (C=O) groups excluding carboxylic acids is 1. The van der Waals surface area contributed by atoms with Crippen molar-refractivity contribution >= 4 is 13.9 Å². The molecule has 0 saturated heterocycles. The number of hydrogen-bond donors (Lipinski definition) is 0. The highest BCUT2D eigenvalue weighted by Crippen LogP contribution is 2.40. The van der Waals surface area contributed by atoms with Crippen molar-refractivity contribution in [3.8, 4) is 11.5 Å². The van der Waals surface area contributed by atoms with Gasteiger partial charge in [0.05, 0.1) is 0 Å². The van der Waals surface area contributed by atoms with Crippen LogP contribution in [0.5, 0.6) is 0 Å². The van der Waals surface area contributed by atoms with E-state index >= 15 is 0 Å². The average Bonchev–Trinajstić information content (AvgIpc) is 2.23. The maximum Gasteiger partial charge on any atom is 0.136 e. The zero-order valence-electron chi connectivity index (χ0n) is 13.6. The standard InChI is InChI=1S/C17H30OSi/c1-17(2,3)15-10-11-16(18)14(13-15)9-7-8-12-19(4,5)6/h14-15H,7,9-11,13H2,1-6H3/t14-,15-/m0/s1. The monoisotopic (exact) mass is 278 g/mol. The first-order valence-electron chi connectivity index (χ1n) is 7.62. The second kappa shape index (κ2) is 6.26. The molecule has 0 aromatic heterocycles. The van der Waals surface area contributed by atoms with Gasteiger partial charge in [0.1, 0.15) is 13.9 Å². The van der Waals surface area contributed by atoms with Crippen molar-refractivity contribution in [3.05, 3.63) is 0 Å². The average molecular weight is 279 g/mol. The normalized spacial score (nSPS) is 24.8. The second-order valence-electron chi connectivity index (χ2n) is 8.09. The largest absolute Gasteiger partial charge is 0.299 e. The topological polar surface area (TPSA) is 17.1 Å². The predicted molar refractivity (Wildman–Crippen MR) is 85.6 cm³/mol. The molecule has 0 aromatic carbocycles. The maximum atomic E-state index is 12.0. The lowest BCUT2D eigenvalue weighted by atomic mass is 9.68. The zero-order valence-corrected chi connectivity index (χ0v) is 14.6. The molecule has 2 atom stereocenters. The van der Waals surface area contributed by atoms with E-state index in [0.29, 0.717) is 17.1 Å². The molecule has 0 amide bonds. The number of Topliss-reactive ketones (excluding diaryl/α,β-unsaturated/α-hetero) is 1. The molecule has 0 N–H and O–H groups in total. The quantitative estimate of drug-likeness (QED) is 0.529. The van der Waals surface area contributed by atoms with E-state index in [1.54, 1.807) is 0 Å². The van der Waals surface area contributed by atoms with Crippen LogP contribution in [0.15, 0.2) is 0 Å². The molecule has 108 valence electrons. The summed E-state index contributed by atoms with van der Waals surface area (Å²) in [4.78, 5) is 12.0. The number of carbonyl (C=O) groups is 1. The highest BCUT2D eigenvalue weighted by Gasteiger charge is 2.34. The van der Waals surface area contributed by atoms with Crippen molar-refractivity contribution in [2.24, 2.45) is 17.3 Å². The Hall–Kier alpha value is -0.553. The fourth-order valence-electron chi connectivity index (χ4n) is 2.75. The van der Waals surface area contributed by atoms with Crippen LogP contribution in [0, 0.1) is 28.7 Å². The Morgan fingerprint density at radius 3 is 2.42 bits per heavy atom. The number of ketones is 1. The molecule has 0 heterocycles. The van der Waals surface area contributed by atoms with Gasteiger partial charge in [-0.2, -0.15) is 0 Å². The summed E-state index contributed by atoms with van der Waals surface area (Å²) in [5, 5.41) is 0. The molecule has 1 aliphatic carbocycles. The van der Waals surface area contributed by atoms with Crippen LogP contribution < -0.4 is 0 Å². The highest BCUT2D eigenvalue weighted by molar-refractivity contribution is 6.83. The Labute approximate surface area is 120 Å². The Kier molecular flexibility index (Phi) is 5.44. The fraction of sp³-hybridized carbons (Fsp3) is 0.824. The van der Waals surface area contributed by atoms with E-state index in [0.717, 1.165) is 32.1 Å². The van der Waals surface area contributed by atoms with Gasteiger partial charge in [-0.1, -0.05) is 40.4 Å². The van der Waals surface area contributed by atoms with Gasteiger partial charge in [-0.05, 0) is 30.6 Å². The van der Waals surface area contributed by atoms with Crippen LogP contribution in [-0.4, -0.2) is 13.9 Å². The Bertz CT molecular complexity index is 373. The molecule has 0 radical (unpaired) electrons. The molecule has 0 aliphatic heterocycles. The highest BCUT2D eigenvalue weighted by atomic mass is 28.3. The Morgan fingerprint density at radius 2 is 1.89 bits per heavy atom. The van der Waals surface area contributed by atoms with Gasteiger partial charge >= 0.3 is 0 Å². The van der Waals surface area contributed by atoms with Crippen LogP contribution in [0.1, 0.15) is 52.9 Å². The van der Waals surface area contributed by atoms with Crippen LogP contribution >= 0.6 is 0 Å². The molecule has 0 aromatic rings. The van der Waals surface area contributed by atoms with Crippen LogP contribution in [0.4, 0.5) is 0 Å². The van der Waals surface area contributed by atoms with Crippen molar-refractivity contribution < 1.29 is 4.79 Å². The third kappa shape index (κ3) is 5.95. The van der Waals surface area contributed by atoms with Crippen LogP contribution in [0.25, 0.3) is 0 Å². The summed E-state index contributed by atoms with van der Waals surface area (Å²) >= 11 is 0. The minimum atomic E-state index is -1.25. The SMILES string of the molecule is CC(C)(C)[C@H]1CCC(=O)[C@@H](CCC#C[Si](C)(C)C)C1. The zero-order chi connectivity index (χ0) is 14.7. The third-order valence-electron chi connectivity index (χ3n) is 4.07. The molecule has 1 fully saturated rings. The van der Waals surface area contributed by atoms with Gasteiger partial charge in [0.2, 0.25) is 0 Å². The van der Waals surface area contributed by atoms with E-state index < -0.39 is 8.07 Å². The summed E-state index contributed by atoms with van der Waals surface area (Å²) in [5.41, 5.74) is 3.73. The summed E-state index contributed by atoms with van der Waals surface area (Å²) in [6, 6.07) is 0. The summed E-state index contributed by atoms with van der Waals surface area (Å²) in [6.07, 6.45) is 4.82. The van der Waals surface area contributed by atoms with Gasteiger partial charge in [0.15, 0.2) is 0 Å². The molecular weight excluding hydrogens is 248 g/mol. The van der Waals surface area contributed by atoms with E-state index in [-0.39, 0.29) is 5.92 Å². The lowest BCUT2D eigenvalue weighted by molar-refractivity contribution is -0.126. The van der Waals surface area contributed by atoms with Crippen LogP contribution in [0.3, 0.4) is 0 Å². The summed E-state index contributed by atoms with van der Waals surface area (Å²) in [6.45, 7) is 13.7.